The van der Waals surface area contributed by atoms with E-state index >= 15 is 0 Å². The van der Waals surface area contributed by atoms with Crippen molar-refractivity contribution in [2.45, 2.75) is 0 Å². The molecule has 0 aromatic carbocycles. The molecule has 0 aliphatic heterocycles. The number of hydrogen-bond acceptors (Lipinski definition) is 1. The Morgan fingerprint density at radius 3 is 1.14 bits per heavy atom. The first-order valence-electron chi connectivity index (χ1n) is 0.783. The van der Waals surface area contributed by atoms with E-state index < -0.39 is 7.82 Å². The third-order valence-electron chi connectivity index (χ3n) is 0. The fourth-order valence-electron chi connectivity index (χ4n) is 0. The van der Waals surface area contributed by atoms with Crippen molar-refractivity contribution in [1.82, 2.24) is 0 Å². The zero-order valence-electron chi connectivity index (χ0n) is 3.55. The number of rotatable bonds is 0. The van der Waals surface area contributed by atoms with E-state index in [2.05, 4.69) is 0 Å². The van der Waals surface area contributed by atoms with Crippen molar-refractivity contribution in [2.75, 3.05) is 0 Å². The van der Waals surface area contributed by atoms with Crippen molar-refractivity contribution in [1.29, 1.82) is 0 Å². The zero-order chi connectivity index (χ0) is 4.50. The van der Waals surface area contributed by atoms with Crippen LogP contribution in [0, 0.1) is 0 Å². The Labute approximate surface area is 63.2 Å². The van der Waals surface area contributed by atoms with Crippen LogP contribution < -0.4 is 0 Å². The van der Waals surface area contributed by atoms with Gasteiger partial charge >= 0.3 is 7.82 Å². The maximum atomic E-state index is 8.88. The molecule has 0 unspecified atom stereocenters. The summed E-state index contributed by atoms with van der Waals surface area (Å²) in [7, 11) is -4.64. The van der Waals surface area contributed by atoms with Gasteiger partial charge in [-0.2, -0.15) is 0 Å². The average Bonchev–Trinajstić information content (AvgIpc) is 0.722. The predicted molar refractivity (Wildman–Crippen MR) is 20.0 cm³/mol. The number of phosphoric acid groups is 1. The van der Waals surface area contributed by atoms with E-state index in [1.165, 1.54) is 0 Å². The van der Waals surface area contributed by atoms with Gasteiger partial charge in [0.25, 0.3) is 0 Å². The predicted octanol–water partition coefficient (Wildman–Crippen LogP) is -1.31. The molecular weight excluding hydrogens is 158 g/mol. The summed E-state index contributed by atoms with van der Waals surface area (Å²) in [5.41, 5.74) is 0. The molecule has 0 bridgehead atoms. The van der Waals surface area contributed by atoms with Crippen LogP contribution in [0.25, 0.3) is 0 Å². The van der Waals surface area contributed by atoms with Gasteiger partial charge in [0, 0.05) is 35.9 Å². The molecule has 0 heterocycles. The molecule has 0 aromatic heterocycles. The van der Waals surface area contributed by atoms with Gasteiger partial charge in [0.15, 0.2) is 0 Å². The molecule has 0 saturated carbocycles. The van der Waals surface area contributed by atoms with E-state index in [0.29, 0.717) is 0 Å². The van der Waals surface area contributed by atoms with Gasteiger partial charge in [0.05, 0.1) is 0 Å². The van der Waals surface area contributed by atoms with Crippen LogP contribution >= 0.6 is 7.82 Å². The first-order chi connectivity index (χ1) is 2.00. The molecule has 0 atom stereocenters. The Balaban J connectivity index is -0.0000000800. The average molecular weight is 161 g/mol. The summed E-state index contributed by atoms with van der Waals surface area (Å²) in [6.45, 7) is 0. The van der Waals surface area contributed by atoms with Crippen LogP contribution in [0.3, 0.4) is 0 Å². The van der Waals surface area contributed by atoms with Gasteiger partial charge < -0.3 is 14.7 Å². The fraction of sp³-hybridized carbons (Fsp3) is 0. The Bertz CT molecular complexity index is 57.8. The van der Waals surface area contributed by atoms with Crippen LogP contribution in [0.1, 0.15) is 0 Å². The van der Waals surface area contributed by atoms with E-state index in [-0.39, 0.29) is 35.9 Å². The molecule has 7 heavy (non-hydrogen) atoms. The van der Waals surface area contributed by atoms with Gasteiger partial charge in [0.1, 0.15) is 0 Å². The molecule has 0 amide bonds. The van der Waals surface area contributed by atoms with E-state index in [4.69, 9.17) is 19.2 Å². The Kier molecular flexibility index (Phi) is 12.1. The molecule has 0 saturated heterocycles. The number of hydrogen-bond donors (Lipinski definition) is 3. The SMILES string of the molecule is O=P(O)(O)O.[Fe].[Li]. The topological polar surface area (TPSA) is 77.8 Å². The van der Waals surface area contributed by atoms with E-state index in [9.17, 15) is 0 Å². The van der Waals surface area contributed by atoms with E-state index in [1.807, 2.05) is 0 Å². The Morgan fingerprint density at radius 1 is 1.14 bits per heavy atom. The molecular formula is H3FeLiO4P. The molecule has 0 aliphatic rings. The van der Waals surface area contributed by atoms with Crippen molar-refractivity contribution in [3.05, 3.63) is 0 Å². The normalized spacial score (nSPS) is 8.43. The largest absolute Gasteiger partial charge is 0.466 e. The molecule has 7 heteroatoms. The second kappa shape index (κ2) is 5.37. The van der Waals surface area contributed by atoms with Crippen LogP contribution in [-0.2, 0) is 21.6 Å². The van der Waals surface area contributed by atoms with E-state index in [1.54, 1.807) is 0 Å². The summed E-state index contributed by atoms with van der Waals surface area (Å²) in [5.74, 6) is 0. The smallest absolute Gasteiger partial charge is 0.303 e. The summed E-state index contributed by atoms with van der Waals surface area (Å²) in [5, 5.41) is 0. The second-order valence-electron chi connectivity index (χ2n) is 0.513. The van der Waals surface area contributed by atoms with Gasteiger partial charge in [-0.1, -0.05) is 0 Å². The third kappa shape index (κ3) is 131. The molecule has 0 aromatic rings. The Hall–Kier alpha value is 1.23. The van der Waals surface area contributed by atoms with Crippen molar-refractivity contribution in [2.24, 2.45) is 0 Å². The first-order valence-corrected chi connectivity index (χ1v) is 2.35. The summed E-state index contributed by atoms with van der Waals surface area (Å²) >= 11 is 0. The van der Waals surface area contributed by atoms with Gasteiger partial charge in [-0.05, 0) is 0 Å². The maximum Gasteiger partial charge on any atom is 0.466 e. The van der Waals surface area contributed by atoms with Crippen LogP contribution in [0.4, 0.5) is 0 Å². The van der Waals surface area contributed by atoms with Crippen molar-refractivity contribution in [3.8, 4) is 0 Å². The van der Waals surface area contributed by atoms with Gasteiger partial charge in [-0.15, -0.1) is 0 Å². The summed E-state index contributed by atoms with van der Waals surface area (Å²) in [4.78, 5) is 21.6. The van der Waals surface area contributed by atoms with Crippen molar-refractivity contribution >= 4 is 26.7 Å². The molecule has 0 rings (SSSR count). The molecule has 3 N–H and O–H groups in total. The third-order valence-corrected chi connectivity index (χ3v) is 0. The summed E-state index contributed by atoms with van der Waals surface area (Å²) < 4.78 is 8.88. The minimum atomic E-state index is -4.64. The molecule has 1 radical (unpaired) electrons. The van der Waals surface area contributed by atoms with Gasteiger partial charge in [-0.25, -0.2) is 4.57 Å². The van der Waals surface area contributed by atoms with Crippen molar-refractivity contribution in [3.63, 3.8) is 0 Å². The summed E-state index contributed by atoms with van der Waals surface area (Å²) in [6.07, 6.45) is 0. The monoisotopic (exact) mass is 161 g/mol. The standard InChI is InChI=1S/Fe.Li.H3O4P/c;;1-5(2,3)4/h;;(H3,1,2,3,4). The minimum Gasteiger partial charge on any atom is -0.303 e. The van der Waals surface area contributed by atoms with Crippen LogP contribution in [0.15, 0.2) is 0 Å². The fourth-order valence-corrected chi connectivity index (χ4v) is 0. The molecule has 4 nitrogen and oxygen atoms in total. The van der Waals surface area contributed by atoms with Crippen LogP contribution in [-0.4, -0.2) is 33.5 Å². The van der Waals surface area contributed by atoms with Crippen LogP contribution in [0.5, 0.6) is 0 Å². The van der Waals surface area contributed by atoms with Crippen LogP contribution in [0.2, 0.25) is 0 Å². The molecule has 0 spiro atoms. The van der Waals surface area contributed by atoms with Gasteiger partial charge in [0.2, 0.25) is 0 Å². The minimum absolute atomic E-state index is 0. The molecule has 41 valence electrons. The Morgan fingerprint density at radius 2 is 1.14 bits per heavy atom. The first kappa shape index (κ1) is 15.7. The quantitative estimate of drug-likeness (QED) is 0.304. The zero-order valence-corrected chi connectivity index (χ0v) is 5.55. The maximum absolute atomic E-state index is 8.88. The molecule has 0 aliphatic carbocycles. The molecule has 0 fully saturated rings. The second-order valence-corrected chi connectivity index (χ2v) is 1.54. The van der Waals surface area contributed by atoms with Crippen molar-refractivity contribution < 1.29 is 36.3 Å². The van der Waals surface area contributed by atoms with E-state index in [0.717, 1.165) is 0 Å². The van der Waals surface area contributed by atoms with Gasteiger partial charge in [-0.3, -0.25) is 0 Å². The summed E-state index contributed by atoms with van der Waals surface area (Å²) in [6, 6.07) is 0.